The Balaban J connectivity index is 2.24. The smallest absolute Gasteiger partial charge is 0.322 e. The number of hydrogen-bond acceptors (Lipinski definition) is 3. The van der Waals surface area contributed by atoms with Gasteiger partial charge in [-0.2, -0.15) is 0 Å². The van der Waals surface area contributed by atoms with E-state index in [9.17, 15) is 14.4 Å². The molecule has 1 aromatic carbocycles. The highest BCUT2D eigenvalue weighted by Gasteiger charge is 2.08. The molecule has 1 aromatic heterocycles. The predicted octanol–water partition coefficient (Wildman–Crippen LogP) is 1.86. The second-order valence-electron chi connectivity index (χ2n) is 5.91. The normalized spacial score (nSPS) is 11.2. The number of aromatic nitrogens is 2. The molecule has 1 amide bonds. The molecule has 2 rings (SSSR count). The number of carbonyl (C=O) groups is 1. The van der Waals surface area contributed by atoms with E-state index < -0.39 is 11.2 Å². The molecule has 0 radical (unpaired) electrons. The van der Waals surface area contributed by atoms with E-state index >= 15 is 0 Å². The molecule has 24 heavy (non-hydrogen) atoms. The van der Waals surface area contributed by atoms with Crippen LogP contribution in [0.15, 0.2) is 46.1 Å². The molecule has 0 aliphatic carbocycles. The molecular weight excluding hydrogens is 306 g/mol. The van der Waals surface area contributed by atoms with Crippen molar-refractivity contribution in [3.63, 3.8) is 0 Å². The standard InChI is InChI=1S/C18H21N3O3/c1-12(2)14-7-5-6-8-15(14)19-16(22)10-9-13-11-20(3)18(24)21(4)17(13)23/h5-12H,1-4H3,(H,19,22)/b10-9+. The maximum Gasteiger partial charge on any atom is 0.330 e. The first-order valence-corrected chi connectivity index (χ1v) is 7.66. The summed E-state index contributed by atoms with van der Waals surface area (Å²) in [5.74, 6) is -0.0552. The lowest BCUT2D eigenvalue weighted by Gasteiger charge is -2.12. The molecule has 0 bridgehead atoms. The molecule has 0 saturated carbocycles. The minimum Gasteiger partial charge on any atom is -0.322 e. The van der Waals surface area contributed by atoms with Gasteiger partial charge in [-0.3, -0.25) is 14.2 Å². The zero-order valence-corrected chi connectivity index (χ0v) is 14.2. The summed E-state index contributed by atoms with van der Waals surface area (Å²) in [6, 6.07) is 7.59. The van der Waals surface area contributed by atoms with Gasteiger partial charge in [-0.15, -0.1) is 0 Å². The second kappa shape index (κ2) is 7.12. The van der Waals surface area contributed by atoms with E-state index in [2.05, 4.69) is 19.2 Å². The zero-order chi connectivity index (χ0) is 17.9. The predicted molar refractivity (Wildman–Crippen MR) is 95.1 cm³/mol. The monoisotopic (exact) mass is 327 g/mol. The topological polar surface area (TPSA) is 73.1 Å². The van der Waals surface area contributed by atoms with Gasteiger partial charge in [0.05, 0.1) is 5.56 Å². The van der Waals surface area contributed by atoms with E-state index in [0.29, 0.717) is 0 Å². The largest absolute Gasteiger partial charge is 0.330 e. The maximum absolute atomic E-state index is 12.1. The lowest BCUT2D eigenvalue weighted by Crippen LogP contribution is -2.37. The molecular formula is C18H21N3O3. The molecule has 1 N–H and O–H groups in total. The van der Waals surface area contributed by atoms with Crippen LogP contribution in [-0.4, -0.2) is 15.0 Å². The Morgan fingerprint density at radius 1 is 1.17 bits per heavy atom. The van der Waals surface area contributed by atoms with Crippen LogP contribution in [0.1, 0.15) is 30.9 Å². The summed E-state index contributed by atoms with van der Waals surface area (Å²) in [7, 11) is 2.96. The number of carbonyl (C=O) groups excluding carboxylic acids is 1. The summed E-state index contributed by atoms with van der Waals surface area (Å²) in [5, 5.41) is 2.82. The molecule has 0 aliphatic rings. The number of anilines is 1. The number of nitrogens with one attached hydrogen (secondary N) is 1. The lowest BCUT2D eigenvalue weighted by molar-refractivity contribution is -0.111. The number of nitrogens with zero attached hydrogens (tertiary/aromatic N) is 2. The molecule has 0 atom stereocenters. The third-order valence-corrected chi connectivity index (χ3v) is 3.73. The quantitative estimate of drug-likeness (QED) is 0.871. The van der Waals surface area contributed by atoms with E-state index in [1.807, 2.05) is 24.3 Å². The Bertz CT molecular complexity index is 904. The average molecular weight is 327 g/mol. The van der Waals surface area contributed by atoms with Crippen LogP contribution in [-0.2, 0) is 18.9 Å². The Kier molecular flexibility index (Phi) is 5.18. The van der Waals surface area contributed by atoms with Crippen molar-refractivity contribution < 1.29 is 4.79 Å². The van der Waals surface area contributed by atoms with Gasteiger partial charge in [0, 0.05) is 32.1 Å². The van der Waals surface area contributed by atoms with Crippen molar-refractivity contribution in [3.05, 3.63) is 68.5 Å². The van der Waals surface area contributed by atoms with Crippen molar-refractivity contribution in [1.29, 1.82) is 0 Å². The highest BCUT2D eigenvalue weighted by molar-refractivity contribution is 6.02. The van der Waals surface area contributed by atoms with Gasteiger partial charge < -0.3 is 9.88 Å². The molecule has 2 aromatic rings. The van der Waals surface area contributed by atoms with Crippen LogP contribution < -0.4 is 16.6 Å². The van der Waals surface area contributed by atoms with E-state index in [0.717, 1.165) is 15.8 Å². The van der Waals surface area contributed by atoms with Gasteiger partial charge in [-0.05, 0) is 23.6 Å². The summed E-state index contributed by atoms with van der Waals surface area (Å²) in [6.07, 6.45) is 4.12. The molecule has 126 valence electrons. The summed E-state index contributed by atoms with van der Waals surface area (Å²) in [5.41, 5.74) is 1.21. The Morgan fingerprint density at radius 3 is 2.50 bits per heavy atom. The molecule has 0 unspecified atom stereocenters. The fourth-order valence-electron chi connectivity index (χ4n) is 2.40. The van der Waals surface area contributed by atoms with Crippen LogP contribution in [0, 0.1) is 0 Å². The van der Waals surface area contributed by atoms with Crippen molar-refractivity contribution in [2.24, 2.45) is 14.1 Å². The molecule has 0 saturated heterocycles. The highest BCUT2D eigenvalue weighted by Crippen LogP contribution is 2.23. The van der Waals surface area contributed by atoms with Gasteiger partial charge in [-0.25, -0.2) is 4.79 Å². The van der Waals surface area contributed by atoms with Crippen molar-refractivity contribution in [1.82, 2.24) is 9.13 Å². The van der Waals surface area contributed by atoms with Crippen LogP contribution in [0.25, 0.3) is 6.08 Å². The minimum atomic E-state index is -0.440. The van der Waals surface area contributed by atoms with Gasteiger partial charge in [0.1, 0.15) is 0 Å². The first-order chi connectivity index (χ1) is 11.3. The van der Waals surface area contributed by atoms with Gasteiger partial charge in [-0.1, -0.05) is 32.0 Å². The SMILES string of the molecule is CC(C)c1ccccc1NC(=O)/C=C/c1cn(C)c(=O)n(C)c1=O. The van der Waals surface area contributed by atoms with E-state index in [1.54, 1.807) is 7.05 Å². The Hall–Kier alpha value is -2.89. The number of para-hydroxylation sites is 1. The fourth-order valence-corrected chi connectivity index (χ4v) is 2.40. The summed E-state index contributed by atoms with van der Waals surface area (Å²) < 4.78 is 2.30. The first-order valence-electron chi connectivity index (χ1n) is 7.66. The van der Waals surface area contributed by atoms with Gasteiger partial charge >= 0.3 is 5.69 Å². The molecule has 1 heterocycles. The first kappa shape index (κ1) is 17.5. The zero-order valence-electron chi connectivity index (χ0n) is 14.2. The number of amides is 1. The van der Waals surface area contributed by atoms with Crippen molar-refractivity contribution >= 4 is 17.7 Å². The van der Waals surface area contributed by atoms with Crippen LogP contribution in [0.5, 0.6) is 0 Å². The van der Waals surface area contributed by atoms with Crippen LogP contribution in [0.3, 0.4) is 0 Å². The third-order valence-electron chi connectivity index (χ3n) is 3.73. The van der Waals surface area contributed by atoms with E-state index in [1.165, 1.54) is 30.0 Å². The highest BCUT2D eigenvalue weighted by atomic mass is 16.2. The van der Waals surface area contributed by atoms with E-state index in [4.69, 9.17) is 0 Å². The van der Waals surface area contributed by atoms with Crippen LogP contribution in [0.4, 0.5) is 5.69 Å². The molecule has 6 heteroatoms. The number of hydrogen-bond donors (Lipinski definition) is 1. The summed E-state index contributed by atoms with van der Waals surface area (Å²) in [6.45, 7) is 4.10. The molecule has 0 aliphatic heterocycles. The van der Waals surface area contributed by atoms with Crippen LogP contribution in [0.2, 0.25) is 0 Å². The Labute approximate surface area is 140 Å². The van der Waals surface area contributed by atoms with Crippen molar-refractivity contribution in [2.75, 3.05) is 5.32 Å². The second-order valence-corrected chi connectivity index (χ2v) is 5.91. The minimum absolute atomic E-state index is 0.270. The Morgan fingerprint density at radius 2 is 1.83 bits per heavy atom. The van der Waals surface area contributed by atoms with Crippen molar-refractivity contribution in [2.45, 2.75) is 19.8 Å². The van der Waals surface area contributed by atoms with Gasteiger partial charge in [0.15, 0.2) is 0 Å². The number of benzene rings is 1. The lowest BCUT2D eigenvalue weighted by atomic mass is 10.0. The number of rotatable bonds is 4. The number of aryl methyl sites for hydroxylation is 1. The molecule has 0 spiro atoms. The summed E-state index contributed by atoms with van der Waals surface area (Å²) in [4.78, 5) is 35.8. The summed E-state index contributed by atoms with van der Waals surface area (Å²) >= 11 is 0. The van der Waals surface area contributed by atoms with Gasteiger partial charge in [0.25, 0.3) is 5.56 Å². The van der Waals surface area contributed by atoms with E-state index in [-0.39, 0.29) is 17.4 Å². The van der Waals surface area contributed by atoms with Crippen LogP contribution >= 0.6 is 0 Å². The maximum atomic E-state index is 12.1. The third kappa shape index (κ3) is 3.71. The van der Waals surface area contributed by atoms with Crippen molar-refractivity contribution in [3.8, 4) is 0 Å². The molecule has 0 fully saturated rings. The average Bonchev–Trinajstić information content (AvgIpc) is 2.55. The van der Waals surface area contributed by atoms with Gasteiger partial charge in [0.2, 0.25) is 5.91 Å². The fraction of sp³-hybridized carbons (Fsp3) is 0.278. The molecule has 6 nitrogen and oxygen atoms in total.